The number of nitrogens with two attached hydrogens (primary N) is 1. The molecule has 0 radical (unpaired) electrons. The Kier molecular flexibility index (Phi) is 3.84. The summed E-state index contributed by atoms with van der Waals surface area (Å²) in [5.74, 6) is 1.90. The van der Waals surface area contributed by atoms with Crippen LogP contribution in [-0.4, -0.2) is 13.7 Å². The molecule has 0 saturated heterocycles. The maximum Gasteiger partial charge on any atom is 0.122 e. The number of rotatable bonds is 4. The third-order valence-electron chi connectivity index (χ3n) is 4.02. The van der Waals surface area contributed by atoms with Crippen molar-refractivity contribution in [2.45, 2.75) is 25.8 Å². The molecule has 0 fully saturated rings. The van der Waals surface area contributed by atoms with Crippen LogP contribution < -0.4 is 15.2 Å². The molecule has 1 aliphatic heterocycles. The van der Waals surface area contributed by atoms with E-state index in [0.29, 0.717) is 0 Å². The fourth-order valence-corrected chi connectivity index (χ4v) is 2.86. The summed E-state index contributed by atoms with van der Waals surface area (Å²) in [7, 11) is 1.70. The monoisotopic (exact) mass is 283 g/mol. The van der Waals surface area contributed by atoms with Crippen LogP contribution in [0.5, 0.6) is 11.5 Å². The van der Waals surface area contributed by atoms with Gasteiger partial charge in [0, 0.05) is 12.5 Å². The van der Waals surface area contributed by atoms with Crippen LogP contribution in [0.25, 0.3) is 0 Å². The molecule has 0 bridgehead atoms. The quantitative estimate of drug-likeness (QED) is 0.937. The molecule has 3 nitrogen and oxygen atoms in total. The maximum atomic E-state index is 6.40. The minimum absolute atomic E-state index is 0.0356. The summed E-state index contributed by atoms with van der Waals surface area (Å²) in [6.45, 7) is 2.86. The highest BCUT2D eigenvalue weighted by Gasteiger charge is 2.16. The summed E-state index contributed by atoms with van der Waals surface area (Å²) in [6, 6.07) is 12.5. The summed E-state index contributed by atoms with van der Waals surface area (Å²) >= 11 is 0. The van der Waals surface area contributed by atoms with Gasteiger partial charge in [-0.25, -0.2) is 0 Å². The van der Waals surface area contributed by atoms with Gasteiger partial charge in [0.1, 0.15) is 11.5 Å². The SMILES string of the molecule is COc1ccc(C)cc1CC(N)c1ccc2c(c1)CCO2. The van der Waals surface area contributed by atoms with Crippen molar-refractivity contribution in [2.24, 2.45) is 5.73 Å². The molecule has 0 saturated carbocycles. The summed E-state index contributed by atoms with van der Waals surface area (Å²) in [4.78, 5) is 0. The number of methoxy groups -OCH3 is 1. The minimum Gasteiger partial charge on any atom is -0.496 e. The van der Waals surface area contributed by atoms with Gasteiger partial charge in [0.15, 0.2) is 0 Å². The van der Waals surface area contributed by atoms with Gasteiger partial charge in [0.2, 0.25) is 0 Å². The zero-order valence-corrected chi connectivity index (χ0v) is 12.6. The van der Waals surface area contributed by atoms with Gasteiger partial charge >= 0.3 is 0 Å². The lowest BCUT2D eigenvalue weighted by molar-refractivity contribution is 0.357. The first kappa shape index (κ1) is 14.0. The Morgan fingerprint density at radius 2 is 2.10 bits per heavy atom. The number of ether oxygens (including phenoxy) is 2. The Labute approximate surface area is 125 Å². The Balaban J connectivity index is 1.83. The average Bonchev–Trinajstić information content (AvgIpc) is 2.94. The van der Waals surface area contributed by atoms with Gasteiger partial charge in [-0.3, -0.25) is 0 Å². The van der Waals surface area contributed by atoms with Gasteiger partial charge in [0.05, 0.1) is 13.7 Å². The molecular formula is C18H21NO2. The van der Waals surface area contributed by atoms with E-state index in [0.717, 1.165) is 42.1 Å². The molecule has 0 aromatic heterocycles. The smallest absolute Gasteiger partial charge is 0.122 e. The second kappa shape index (κ2) is 5.78. The zero-order chi connectivity index (χ0) is 14.8. The fraction of sp³-hybridized carbons (Fsp3) is 0.333. The van der Waals surface area contributed by atoms with E-state index in [9.17, 15) is 0 Å². The minimum atomic E-state index is -0.0356. The highest BCUT2D eigenvalue weighted by molar-refractivity contribution is 5.42. The normalized spacial score (nSPS) is 14.4. The summed E-state index contributed by atoms with van der Waals surface area (Å²) < 4.78 is 11.0. The van der Waals surface area contributed by atoms with Gasteiger partial charge in [-0.15, -0.1) is 0 Å². The van der Waals surface area contributed by atoms with Crippen molar-refractivity contribution in [1.82, 2.24) is 0 Å². The fourth-order valence-electron chi connectivity index (χ4n) is 2.86. The van der Waals surface area contributed by atoms with Crippen molar-refractivity contribution < 1.29 is 9.47 Å². The first-order valence-corrected chi connectivity index (χ1v) is 7.32. The Morgan fingerprint density at radius 3 is 2.90 bits per heavy atom. The summed E-state index contributed by atoms with van der Waals surface area (Å²) in [5.41, 5.74) is 11.2. The van der Waals surface area contributed by atoms with Crippen LogP contribution in [0.2, 0.25) is 0 Å². The number of benzene rings is 2. The molecule has 2 N–H and O–H groups in total. The molecule has 2 aromatic carbocycles. The summed E-state index contributed by atoms with van der Waals surface area (Å²) in [5, 5.41) is 0. The van der Waals surface area contributed by atoms with E-state index >= 15 is 0 Å². The first-order chi connectivity index (χ1) is 10.2. The van der Waals surface area contributed by atoms with Gasteiger partial charge in [-0.05, 0) is 42.2 Å². The van der Waals surface area contributed by atoms with Crippen LogP contribution in [0.3, 0.4) is 0 Å². The topological polar surface area (TPSA) is 44.5 Å². The van der Waals surface area contributed by atoms with Gasteiger partial charge in [0.25, 0.3) is 0 Å². The van der Waals surface area contributed by atoms with E-state index in [1.165, 1.54) is 11.1 Å². The van der Waals surface area contributed by atoms with Crippen molar-refractivity contribution >= 4 is 0 Å². The lowest BCUT2D eigenvalue weighted by atomic mass is 9.96. The molecule has 0 spiro atoms. The van der Waals surface area contributed by atoms with Crippen LogP contribution in [0.1, 0.15) is 28.3 Å². The lowest BCUT2D eigenvalue weighted by Crippen LogP contribution is -2.14. The third-order valence-corrected chi connectivity index (χ3v) is 4.02. The van der Waals surface area contributed by atoms with Crippen molar-refractivity contribution in [3.8, 4) is 11.5 Å². The molecule has 1 unspecified atom stereocenters. The molecule has 3 heteroatoms. The lowest BCUT2D eigenvalue weighted by Gasteiger charge is -2.16. The molecule has 0 amide bonds. The number of aryl methyl sites for hydroxylation is 1. The predicted octanol–water partition coefficient (Wildman–Crippen LogP) is 3.18. The standard InChI is InChI=1S/C18H21NO2/c1-12-3-5-17(20-2)15(9-12)11-16(19)13-4-6-18-14(10-13)7-8-21-18/h3-6,9-10,16H,7-8,11,19H2,1-2H3. The van der Waals surface area contributed by atoms with Gasteiger partial charge < -0.3 is 15.2 Å². The van der Waals surface area contributed by atoms with E-state index in [2.05, 4.69) is 31.2 Å². The molecular weight excluding hydrogens is 262 g/mol. The molecule has 21 heavy (non-hydrogen) atoms. The summed E-state index contributed by atoms with van der Waals surface area (Å²) in [6.07, 6.45) is 1.74. The van der Waals surface area contributed by atoms with E-state index < -0.39 is 0 Å². The third kappa shape index (κ3) is 2.88. The van der Waals surface area contributed by atoms with Crippen molar-refractivity contribution in [1.29, 1.82) is 0 Å². The van der Waals surface area contributed by atoms with Crippen molar-refractivity contribution in [2.75, 3.05) is 13.7 Å². The van der Waals surface area contributed by atoms with Crippen LogP contribution in [0.15, 0.2) is 36.4 Å². The Bertz CT molecular complexity index is 652. The van der Waals surface area contributed by atoms with E-state index in [4.69, 9.17) is 15.2 Å². The Hall–Kier alpha value is -2.00. The zero-order valence-electron chi connectivity index (χ0n) is 12.6. The number of fused-ring (bicyclic) bond motifs is 1. The molecule has 0 aliphatic carbocycles. The average molecular weight is 283 g/mol. The molecule has 1 aliphatic rings. The second-order valence-corrected chi connectivity index (χ2v) is 5.59. The number of hydrogen-bond donors (Lipinski definition) is 1. The highest BCUT2D eigenvalue weighted by Crippen LogP contribution is 2.30. The van der Waals surface area contributed by atoms with Crippen LogP contribution >= 0.6 is 0 Å². The van der Waals surface area contributed by atoms with E-state index in [-0.39, 0.29) is 6.04 Å². The highest BCUT2D eigenvalue weighted by atomic mass is 16.5. The molecule has 1 atom stereocenters. The second-order valence-electron chi connectivity index (χ2n) is 5.59. The number of hydrogen-bond acceptors (Lipinski definition) is 3. The van der Waals surface area contributed by atoms with Crippen molar-refractivity contribution in [3.63, 3.8) is 0 Å². The van der Waals surface area contributed by atoms with Crippen LogP contribution in [0, 0.1) is 6.92 Å². The van der Waals surface area contributed by atoms with Crippen LogP contribution in [-0.2, 0) is 12.8 Å². The van der Waals surface area contributed by atoms with Gasteiger partial charge in [-0.1, -0.05) is 29.8 Å². The van der Waals surface area contributed by atoms with Crippen LogP contribution in [0.4, 0.5) is 0 Å². The molecule has 110 valence electrons. The largest absolute Gasteiger partial charge is 0.496 e. The molecule has 1 heterocycles. The van der Waals surface area contributed by atoms with Crippen molar-refractivity contribution in [3.05, 3.63) is 58.7 Å². The van der Waals surface area contributed by atoms with E-state index in [1.807, 2.05) is 12.1 Å². The first-order valence-electron chi connectivity index (χ1n) is 7.32. The molecule has 2 aromatic rings. The maximum absolute atomic E-state index is 6.40. The van der Waals surface area contributed by atoms with E-state index in [1.54, 1.807) is 7.11 Å². The predicted molar refractivity (Wildman–Crippen MR) is 84.0 cm³/mol. The molecule has 3 rings (SSSR count). The Morgan fingerprint density at radius 1 is 1.24 bits per heavy atom. The van der Waals surface area contributed by atoms with Gasteiger partial charge in [-0.2, -0.15) is 0 Å².